The van der Waals surface area contributed by atoms with Gasteiger partial charge >= 0.3 is 0 Å². The molecule has 4 nitrogen and oxygen atoms in total. The van der Waals surface area contributed by atoms with E-state index in [9.17, 15) is 4.39 Å². The number of benzene rings is 1. The Bertz CT molecular complexity index is 484. The zero-order chi connectivity index (χ0) is 9.97. The summed E-state index contributed by atoms with van der Waals surface area (Å²) in [5.41, 5.74) is 0.293. The van der Waals surface area contributed by atoms with Gasteiger partial charge in [0, 0.05) is 0 Å². The van der Waals surface area contributed by atoms with Crippen LogP contribution in [0.25, 0.3) is 5.69 Å². The van der Waals surface area contributed by atoms with Gasteiger partial charge in [0.15, 0.2) is 5.82 Å². The Morgan fingerprint density at radius 2 is 2.00 bits per heavy atom. The van der Waals surface area contributed by atoms with E-state index in [-0.39, 0.29) is 11.3 Å². The molecule has 0 N–H and O–H groups in total. The molecule has 1 heterocycles. The zero-order valence-electron chi connectivity index (χ0n) is 7.05. The van der Waals surface area contributed by atoms with Crippen molar-refractivity contribution in [3.63, 3.8) is 0 Å². The molecule has 5 heteroatoms. The van der Waals surface area contributed by atoms with Crippen LogP contribution in [0.2, 0.25) is 0 Å². The van der Waals surface area contributed by atoms with E-state index in [4.69, 9.17) is 5.26 Å². The molecular weight excluding hydrogens is 183 g/mol. The first-order valence-corrected chi connectivity index (χ1v) is 3.88. The molecule has 0 amide bonds. The van der Waals surface area contributed by atoms with Crippen LogP contribution in [0.4, 0.5) is 4.39 Å². The first kappa shape index (κ1) is 8.38. The predicted octanol–water partition coefficient (Wildman–Crippen LogP) is 1.28. The van der Waals surface area contributed by atoms with Crippen LogP contribution in [0.5, 0.6) is 0 Å². The number of aromatic nitrogens is 3. The second-order valence-electron chi connectivity index (χ2n) is 2.57. The summed E-state index contributed by atoms with van der Waals surface area (Å²) in [4.78, 5) is 1.09. The molecule has 0 aliphatic heterocycles. The molecule has 0 spiro atoms. The van der Waals surface area contributed by atoms with Crippen LogP contribution in [0.15, 0.2) is 30.6 Å². The van der Waals surface area contributed by atoms with Crippen molar-refractivity contribution in [3.8, 4) is 11.8 Å². The normalized spacial score (nSPS) is 9.71. The van der Waals surface area contributed by atoms with Crippen molar-refractivity contribution in [2.45, 2.75) is 0 Å². The lowest BCUT2D eigenvalue weighted by atomic mass is 10.2. The van der Waals surface area contributed by atoms with E-state index in [1.165, 1.54) is 30.6 Å². The van der Waals surface area contributed by atoms with Gasteiger partial charge in [0.25, 0.3) is 0 Å². The van der Waals surface area contributed by atoms with Gasteiger partial charge in [-0.2, -0.15) is 15.5 Å². The highest BCUT2D eigenvalue weighted by Gasteiger charge is 2.10. The van der Waals surface area contributed by atoms with Gasteiger partial charge in [-0.25, -0.2) is 4.39 Å². The summed E-state index contributed by atoms with van der Waals surface area (Å²) in [6.45, 7) is 0. The van der Waals surface area contributed by atoms with Crippen molar-refractivity contribution in [2.24, 2.45) is 0 Å². The van der Waals surface area contributed by atoms with Crippen molar-refractivity contribution < 1.29 is 4.39 Å². The lowest BCUT2D eigenvalue weighted by Crippen LogP contribution is -2.04. The third kappa shape index (κ3) is 1.23. The Labute approximate surface area is 79.2 Å². The quantitative estimate of drug-likeness (QED) is 0.677. The van der Waals surface area contributed by atoms with Crippen molar-refractivity contribution >= 4 is 0 Å². The molecule has 68 valence electrons. The monoisotopic (exact) mass is 188 g/mol. The summed E-state index contributed by atoms with van der Waals surface area (Å²) in [5, 5.41) is 16.3. The molecule has 0 unspecified atom stereocenters. The van der Waals surface area contributed by atoms with E-state index in [1.54, 1.807) is 0 Å². The molecule has 2 rings (SSSR count). The van der Waals surface area contributed by atoms with Gasteiger partial charge in [-0.3, -0.25) is 0 Å². The number of nitriles is 1. The fourth-order valence-electron chi connectivity index (χ4n) is 1.14. The van der Waals surface area contributed by atoms with Crippen LogP contribution >= 0.6 is 0 Å². The topological polar surface area (TPSA) is 54.5 Å². The molecule has 0 saturated carbocycles. The van der Waals surface area contributed by atoms with Gasteiger partial charge in [0.2, 0.25) is 0 Å². The maximum absolute atomic E-state index is 13.3. The van der Waals surface area contributed by atoms with Crippen LogP contribution in [0.3, 0.4) is 0 Å². The van der Waals surface area contributed by atoms with E-state index < -0.39 is 5.82 Å². The van der Waals surface area contributed by atoms with Crippen molar-refractivity contribution in [1.29, 1.82) is 5.26 Å². The molecule has 0 saturated heterocycles. The van der Waals surface area contributed by atoms with E-state index in [0.717, 1.165) is 4.80 Å². The minimum atomic E-state index is -0.514. The number of nitrogens with zero attached hydrogens (tertiary/aromatic N) is 4. The Morgan fingerprint density at radius 1 is 1.29 bits per heavy atom. The highest BCUT2D eigenvalue weighted by molar-refractivity contribution is 5.48. The lowest BCUT2D eigenvalue weighted by molar-refractivity contribution is 0.595. The van der Waals surface area contributed by atoms with Crippen LogP contribution in [0.1, 0.15) is 5.56 Å². The smallest absolute Gasteiger partial charge is 0.152 e. The third-order valence-corrected chi connectivity index (χ3v) is 1.73. The Balaban J connectivity index is 2.69. The minimum absolute atomic E-state index is 0.0833. The molecule has 0 aliphatic carbocycles. The van der Waals surface area contributed by atoms with E-state index in [1.807, 2.05) is 6.07 Å². The number of hydrogen-bond acceptors (Lipinski definition) is 3. The second-order valence-corrected chi connectivity index (χ2v) is 2.57. The number of halogens is 1. The Hall–Kier alpha value is -2.22. The van der Waals surface area contributed by atoms with E-state index >= 15 is 0 Å². The van der Waals surface area contributed by atoms with Gasteiger partial charge in [0.1, 0.15) is 11.8 Å². The number of hydrogen-bond donors (Lipinski definition) is 0. The third-order valence-electron chi connectivity index (χ3n) is 1.73. The average Bonchev–Trinajstić information content (AvgIpc) is 2.70. The molecular formula is C9H5FN4. The first-order valence-electron chi connectivity index (χ1n) is 3.88. The summed E-state index contributed by atoms with van der Waals surface area (Å²) < 4.78 is 13.3. The summed E-state index contributed by atoms with van der Waals surface area (Å²) in [6, 6.07) is 6.14. The average molecular weight is 188 g/mol. The predicted molar refractivity (Wildman–Crippen MR) is 46.0 cm³/mol. The molecule has 2 aromatic rings. The van der Waals surface area contributed by atoms with Crippen LogP contribution < -0.4 is 0 Å². The fourth-order valence-corrected chi connectivity index (χ4v) is 1.14. The standard InChI is InChI=1S/C9H5FN4/c10-8-3-1-2-7(6-11)9(8)14-12-4-5-13-14/h1-5H. The fraction of sp³-hybridized carbons (Fsp3) is 0. The Kier molecular flexibility index (Phi) is 1.95. The molecule has 0 aliphatic rings. The molecule has 14 heavy (non-hydrogen) atoms. The molecule has 1 aromatic heterocycles. The van der Waals surface area contributed by atoms with Gasteiger partial charge in [-0.1, -0.05) is 6.07 Å². The summed E-state index contributed by atoms with van der Waals surface area (Å²) in [7, 11) is 0. The summed E-state index contributed by atoms with van der Waals surface area (Å²) in [6.07, 6.45) is 2.85. The van der Waals surface area contributed by atoms with Gasteiger partial charge < -0.3 is 0 Å². The van der Waals surface area contributed by atoms with Crippen molar-refractivity contribution in [1.82, 2.24) is 15.0 Å². The Morgan fingerprint density at radius 3 is 2.64 bits per heavy atom. The molecule has 0 fully saturated rings. The molecule has 0 atom stereocenters. The largest absolute Gasteiger partial charge is 0.204 e. The summed E-state index contributed by atoms with van der Waals surface area (Å²) >= 11 is 0. The zero-order valence-corrected chi connectivity index (χ0v) is 7.05. The molecule has 0 radical (unpaired) electrons. The highest BCUT2D eigenvalue weighted by Crippen LogP contribution is 2.15. The number of para-hydroxylation sites is 1. The minimum Gasteiger partial charge on any atom is -0.204 e. The second kappa shape index (κ2) is 3.26. The summed E-state index contributed by atoms with van der Waals surface area (Å²) in [5.74, 6) is -0.514. The van der Waals surface area contributed by atoms with Crippen LogP contribution in [-0.4, -0.2) is 15.0 Å². The highest BCUT2D eigenvalue weighted by atomic mass is 19.1. The van der Waals surface area contributed by atoms with Gasteiger partial charge in [-0.15, -0.1) is 4.80 Å². The molecule has 0 bridgehead atoms. The van der Waals surface area contributed by atoms with Gasteiger partial charge in [-0.05, 0) is 12.1 Å². The van der Waals surface area contributed by atoms with Crippen molar-refractivity contribution in [2.75, 3.05) is 0 Å². The number of rotatable bonds is 1. The first-order chi connectivity index (χ1) is 6.83. The maximum atomic E-state index is 13.3. The van der Waals surface area contributed by atoms with E-state index in [0.29, 0.717) is 0 Å². The van der Waals surface area contributed by atoms with Crippen LogP contribution in [-0.2, 0) is 0 Å². The lowest BCUT2D eigenvalue weighted by Gasteiger charge is -2.02. The SMILES string of the molecule is N#Cc1cccc(F)c1-n1nccn1. The van der Waals surface area contributed by atoms with E-state index in [2.05, 4.69) is 10.2 Å². The van der Waals surface area contributed by atoms with Crippen molar-refractivity contribution in [3.05, 3.63) is 42.0 Å². The van der Waals surface area contributed by atoms with Crippen LogP contribution in [0, 0.1) is 17.1 Å². The molecule has 1 aromatic carbocycles. The maximum Gasteiger partial charge on any atom is 0.152 e. The van der Waals surface area contributed by atoms with Gasteiger partial charge in [0.05, 0.1) is 18.0 Å².